The predicted molar refractivity (Wildman–Crippen MR) is 271 cm³/mol. The maximum Gasteiger partial charge on any atom is 0.131 e. The second-order valence-corrected chi connectivity index (χ2v) is 18.5. The normalized spacial score (nSPS) is 11.1. The Kier molecular flexibility index (Phi) is 20.5. The van der Waals surface area contributed by atoms with Crippen molar-refractivity contribution in [2.75, 3.05) is 13.2 Å². The van der Waals surface area contributed by atoms with Gasteiger partial charge in [-0.15, -0.1) is 0 Å². The van der Waals surface area contributed by atoms with Crippen LogP contribution in [-0.2, 0) is 26.1 Å². The maximum atomic E-state index is 13.5. The first-order valence-electron chi connectivity index (χ1n) is 24.1. The standard InChI is InChI=1S/2C30H34FNO2/c2*1-4-24-19-27(25-13-15-26(31)16-14-25)29(34-21-23-11-7-5-8-12-23)20-28(24)33-18-10-6-9-17-30(2,3)22-32/h2*5,7-8,11-16,19-20H,4,6,9-10,17-18,21H2,1-3H3. The molecule has 0 spiro atoms. The van der Waals surface area contributed by atoms with Gasteiger partial charge in [0.1, 0.15) is 47.8 Å². The van der Waals surface area contributed by atoms with Gasteiger partial charge in [-0.3, -0.25) is 0 Å². The summed E-state index contributed by atoms with van der Waals surface area (Å²) in [5, 5.41) is 18.3. The van der Waals surface area contributed by atoms with E-state index >= 15 is 0 Å². The van der Waals surface area contributed by atoms with Crippen molar-refractivity contribution >= 4 is 0 Å². The maximum absolute atomic E-state index is 13.5. The largest absolute Gasteiger partial charge is 0.493 e. The Morgan fingerprint density at radius 2 is 0.809 bits per heavy atom. The molecule has 0 saturated carbocycles. The zero-order valence-corrected chi connectivity index (χ0v) is 40.9. The average molecular weight is 919 g/mol. The van der Waals surface area contributed by atoms with Gasteiger partial charge < -0.3 is 18.9 Å². The van der Waals surface area contributed by atoms with E-state index in [4.69, 9.17) is 29.5 Å². The molecule has 0 N–H and O–H groups in total. The lowest BCUT2D eigenvalue weighted by Crippen LogP contribution is -2.07. The Hall–Kier alpha value is -6.64. The Bertz CT molecular complexity index is 2350. The minimum absolute atomic E-state index is 0.260. The van der Waals surface area contributed by atoms with Crippen LogP contribution < -0.4 is 18.9 Å². The molecule has 0 bridgehead atoms. The highest BCUT2D eigenvalue weighted by atomic mass is 19.1. The molecule has 0 amide bonds. The summed E-state index contributed by atoms with van der Waals surface area (Å²) in [6, 6.07) is 45.9. The first-order valence-corrected chi connectivity index (χ1v) is 24.1. The number of rotatable bonds is 24. The van der Waals surface area contributed by atoms with Crippen molar-refractivity contribution in [1.82, 2.24) is 0 Å². The van der Waals surface area contributed by atoms with Gasteiger partial charge in [0.15, 0.2) is 0 Å². The Morgan fingerprint density at radius 3 is 1.15 bits per heavy atom. The van der Waals surface area contributed by atoms with Gasteiger partial charge in [-0.2, -0.15) is 10.5 Å². The van der Waals surface area contributed by atoms with Crippen LogP contribution in [0.15, 0.2) is 133 Å². The average Bonchev–Trinajstić information content (AvgIpc) is 3.36. The molecule has 6 aromatic carbocycles. The van der Waals surface area contributed by atoms with E-state index in [1.54, 1.807) is 24.3 Å². The molecule has 0 aliphatic rings. The molecular formula is C60H68F2N2O4. The third kappa shape index (κ3) is 16.9. The van der Waals surface area contributed by atoms with Crippen LogP contribution in [0.3, 0.4) is 0 Å². The molecule has 0 atom stereocenters. The fraction of sp³-hybridized carbons (Fsp3) is 0.367. The van der Waals surface area contributed by atoms with Crippen molar-refractivity contribution in [2.45, 2.75) is 119 Å². The van der Waals surface area contributed by atoms with Crippen LogP contribution in [0.2, 0.25) is 0 Å². The topological polar surface area (TPSA) is 84.5 Å². The van der Waals surface area contributed by atoms with Gasteiger partial charge in [-0.1, -0.05) is 124 Å². The first-order chi connectivity index (χ1) is 32.8. The molecule has 356 valence electrons. The monoisotopic (exact) mass is 919 g/mol. The highest BCUT2D eigenvalue weighted by Gasteiger charge is 2.18. The van der Waals surface area contributed by atoms with Gasteiger partial charge in [-0.05, 0) is 136 Å². The molecule has 0 aromatic heterocycles. The van der Waals surface area contributed by atoms with E-state index in [9.17, 15) is 8.78 Å². The van der Waals surface area contributed by atoms with E-state index in [-0.39, 0.29) is 22.5 Å². The smallest absolute Gasteiger partial charge is 0.131 e. The lowest BCUT2D eigenvalue weighted by molar-refractivity contribution is 0.286. The Labute approximate surface area is 404 Å². The number of nitrogens with zero attached hydrogens (tertiary/aromatic N) is 2. The molecule has 8 heteroatoms. The number of unbranched alkanes of at least 4 members (excludes halogenated alkanes) is 4. The van der Waals surface area contributed by atoms with Crippen LogP contribution >= 0.6 is 0 Å². The fourth-order valence-electron chi connectivity index (χ4n) is 7.62. The molecule has 6 nitrogen and oxygen atoms in total. The number of halogens is 2. The van der Waals surface area contributed by atoms with E-state index in [1.165, 1.54) is 24.3 Å². The molecule has 0 heterocycles. The summed E-state index contributed by atoms with van der Waals surface area (Å²) in [7, 11) is 0. The van der Waals surface area contributed by atoms with Gasteiger partial charge in [0, 0.05) is 23.3 Å². The molecule has 0 aliphatic heterocycles. The van der Waals surface area contributed by atoms with Crippen molar-refractivity contribution in [2.24, 2.45) is 10.8 Å². The molecular weight excluding hydrogens is 851 g/mol. The van der Waals surface area contributed by atoms with Crippen molar-refractivity contribution in [3.8, 4) is 57.4 Å². The number of aryl methyl sites for hydroxylation is 2. The molecule has 0 saturated heterocycles. The lowest BCUT2D eigenvalue weighted by atomic mass is 9.89. The van der Waals surface area contributed by atoms with E-state index in [0.29, 0.717) is 26.4 Å². The third-order valence-electron chi connectivity index (χ3n) is 11.9. The van der Waals surface area contributed by atoms with Crippen molar-refractivity contribution in [3.63, 3.8) is 0 Å². The number of nitriles is 2. The number of benzene rings is 6. The van der Waals surface area contributed by atoms with Gasteiger partial charge in [0.05, 0.1) is 36.2 Å². The molecule has 6 rings (SSSR count). The van der Waals surface area contributed by atoms with Crippen LogP contribution in [0, 0.1) is 45.1 Å². The molecule has 0 fully saturated rings. The summed E-state index contributed by atoms with van der Waals surface area (Å²) in [6.07, 6.45) is 9.38. The van der Waals surface area contributed by atoms with Gasteiger partial charge in [0.25, 0.3) is 0 Å². The van der Waals surface area contributed by atoms with Crippen LogP contribution in [0.25, 0.3) is 22.3 Å². The minimum Gasteiger partial charge on any atom is -0.493 e. The summed E-state index contributed by atoms with van der Waals surface area (Å²) in [5.74, 6) is 2.58. The van der Waals surface area contributed by atoms with Gasteiger partial charge >= 0.3 is 0 Å². The number of hydrogen-bond acceptors (Lipinski definition) is 6. The highest BCUT2D eigenvalue weighted by Crippen LogP contribution is 2.39. The highest BCUT2D eigenvalue weighted by molar-refractivity contribution is 5.74. The summed E-state index contributed by atoms with van der Waals surface area (Å²) < 4.78 is 51.9. The van der Waals surface area contributed by atoms with Crippen LogP contribution in [-0.4, -0.2) is 13.2 Å². The minimum atomic E-state index is -0.266. The van der Waals surface area contributed by atoms with Crippen molar-refractivity contribution < 1.29 is 27.7 Å². The quantitative estimate of drug-likeness (QED) is 0.0562. The third-order valence-corrected chi connectivity index (χ3v) is 11.9. The molecule has 68 heavy (non-hydrogen) atoms. The summed E-state index contributed by atoms with van der Waals surface area (Å²) in [6.45, 7) is 14.3. The van der Waals surface area contributed by atoms with Gasteiger partial charge in [-0.25, -0.2) is 8.78 Å². The Morgan fingerprint density at radius 1 is 0.441 bits per heavy atom. The summed E-state index contributed by atoms with van der Waals surface area (Å²) in [4.78, 5) is 0. The Balaban J connectivity index is 0.000000254. The van der Waals surface area contributed by atoms with E-state index in [2.05, 4.69) is 38.1 Å². The van der Waals surface area contributed by atoms with Gasteiger partial charge in [0.2, 0.25) is 0 Å². The van der Waals surface area contributed by atoms with Crippen LogP contribution in [0.5, 0.6) is 23.0 Å². The molecule has 0 aliphatic carbocycles. The second-order valence-electron chi connectivity index (χ2n) is 18.5. The fourth-order valence-corrected chi connectivity index (χ4v) is 7.62. The lowest BCUT2D eigenvalue weighted by Gasteiger charge is -2.18. The zero-order valence-electron chi connectivity index (χ0n) is 40.9. The molecule has 0 radical (unpaired) electrons. The van der Waals surface area contributed by atoms with Crippen molar-refractivity contribution in [1.29, 1.82) is 10.5 Å². The number of hydrogen-bond donors (Lipinski definition) is 0. The first kappa shape index (κ1) is 52.3. The van der Waals surface area contributed by atoms with Crippen molar-refractivity contribution in [3.05, 3.63) is 167 Å². The molecule has 0 unspecified atom stereocenters. The molecule has 6 aromatic rings. The van der Waals surface area contributed by atoms with E-state index < -0.39 is 0 Å². The number of ether oxygens (including phenoxy) is 4. The SMILES string of the molecule is CCc1cc(-c2ccc(F)cc2)c(OCc2ccccc2)cc1OCCCCCC(C)(C)C#N.CCc1cc(-c2ccc(F)cc2)c(OCc2ccccc2)cc1OCCCCCC(C)(C)C#N. The van der Waals surface area contributed by atoms with Crippen LogP contribution in [0.4, 0.5) is 8.78 Å². The van der Waals surface area contributed by atoms with Crippen LogP contribution in [0.1, 0.15) is 115 Å². The summed E-state index contributed by atoms with van der Waals surface area (Å²) >= 11 is 0. The predicted octanol–water partition coefficient (Wildman–Crippen LogP) is 16.2. The second kappa shape index (κ2) is 26.6. The zero-order chi connectivity index (χ0) is 48.8. The van der Waals surface area contributed by atoms with E-state index in [0.717, 1.165) is 132 Å². The van der Waals surface area contributed by atoms with E-state index in [1.807, 2.05) is 100 Å². The summed E-state index contributed by atoms with van der Waals surface area (Å²) in [5.41, 5.74) is 7.49.